The summed E-state index contributed by atoms with van der Waals surface area (Å²) in [6, 6.07) is 10.7. The van der Waals surface area contributed by atoms with E-state index >= 15 is 0 Å². The molecule has 0 spiro atoms. The third-order valence-corrected chi connectivity index (χ3v) is 4.25. The maximum atomic E-state index is 12.1. The lowest BCUT2D eigenvalue weighted by atomic mass is 10.1. The molecule has 0 aliphatic carbocycles. The number of amides is 2. The molecular formula is C20H23N5O3. The Balaban J connectivity index is 1.46. The molecule has 8 heteroatoms. The smallest absolute Gasteiger partial charge is 0.315 e. The number of hydrogen-bond donors (Lipinski definition) is 3. The zero-order valence-corrected chi connectivity index (χ0v) is 15.7. The molecule has 0 radical (unpaired) electrons. The van der Waals surface area contributed by atoms with Crippen molar-refractivity contribution in [2.45, 2.75) is 19.4 Å². The Morgan fingerprint density at radius 1 is 1.25 bits per heavy atom. The van der Waals surface area contributed by atoms with Crippen molar-refractivity contribution in [2.75, 3.05) is 31.6 Å². The molecule has 1 aromatic heterocycles. The molecule has 3 rings (SSSR count). The molecule has 0 bridgehead atoms. The van der Waals surface area contributed by atoms with Gasteiger partial charge in [0.05, 0.1) is 24.8 Å². The average molecular weight is 381 g/mol. The van der Waals surface area contributed by atoms with Crippen LogP contribution in [0.1, 0.15) is 30.5 Å². The van der Waals surface area contributed by atoms with Crippen molar-refractivity contribution in [3.05, 3.63) is 47.7 Å². The van der Waals surface area contributed by atoms with Crippen molar-refractivity contribution in [2.24, 2.45) is 0 Å². The summed E-state index contributed by atoms with van der Waals surface area (Å²) in [5, 5.41) is 17.8. The number of nitrogens with one attached hydrogen (secondary N) is 3. The molecule has 0 saturated heterocycles. The van der Waals surface area contributed by atoms with Crippen LogP contribution in [0.15, 0.2) is 36.5 Å². The Morgan fingerprint density at radius 2 is 2.07 bits per heavy atom. The quantitative estimate of drug-likeness (QED) is 0.664. The number of ether oxygens (including phenoxy) is 2. The van der Waals surface area contributed by atoms with E-state index in [4.69, 9.17) is 14.7 Å². The van der Waals surface area contributed by atoms with Gasteiger partial charge >= 0.3 is 6.03 Å². The van der Waals surface area contributed by atoms with E-state index in [1.165, 1.54) is 0 Å². The van der Waals surface area contributed by atoms with Crippen LogP contribution in [0.3, 0.4) is 0 Å². The number of hydrogen-bond acceptors (Lipinski definition) is 6. The molecule has 0 saturated carbocycles. The highest BCUT2D eigenvalue weighted by molar-refractivity contribution is 5.74. The number of aromatic nitrogens is 1. The van der Waals surface area contributed by atoms with Gasteiger partial charge in [0.1, 0.15) is 11.9 Å². The summed E-state index contributed by atoms with van der Waals surface area (Å²) < 4.78 is 11.3. The Hall–Kier alpha value is -3.47. The van der Waals surface area contributed by atoms with Gasteiger partial charge in [-0.3, -0.25) is 0 Å². The summed E-state index contributed by atoms with van der Waals surface area (Å²) in [5.41, 5.74) is 1.40. The lowest BCUT2D eigenvalue weighted by Crippen LogP contribution is -2.39. The predicted molar refractivity (Wildman–Crippen MR) is 104 cm³/mol. The van der Waals surface area contributed by atoms with Gasteiger partial charge in [0.15, 0.2) is 11.5 Å². The molecule has 1 aliphatic heterocycles. The molecule has 1 aliphatic rings. The summed E-state index contributed by atoms with van der Waals surface area (Å²) in [5.74, 6) is 1.94. The van der Waals surface area contributed by atoms with Crippen LogP contribution >= 0.6 is 0 Å². The summed E-state index contributed by atoms with van der Waals surface area (Å²) in [6.45, 7) is 4.02. The number of nitriles is 1. The zero-order valence-electron chi connectivity index (χ0n) is 15.7. The van der Waals surface area contributed by atoms with E-state index in [-0.39, 0.29) is 12.1 Å². The van der Waals surface area contributed by atoms with Crippen molar-refractivity contribution in [1.29, 1.82) is 5.26 Å². The lowest BCUT2D eigenvalue weighted by molar-refractivity contribution is 0.238. The first-order chi connectivity index (χ1) is 13.7. The fourth-order valence-corrected chi connectivity index (χ4v) is 2.77. The number of carbonyl (C=O) groups excluding carboxylic acids is 1. The standard InChI is InChI=1S/C20H23N5O3/c1-14(15-5-6-17-18(12-15)28-11-3-10-27-17)25-20(26)24-9-8-23-19-16(13-21)4-2-7-22-19/h2,4-7,12,14H,3,8-11H2,1H3,(H,22,23)(H2,24,25,26). The van der Waals surface area contributed by atoms with Crippen LogP contribution in [0.25, 0.3) is 0 Å². The lowest BCUT2D eigenvalue weighted by Gasteiger charge is -2.17. The van der Waals surface area contributed by atoms with Crippen molar-refractivity contribution >= 4 is 11.8 Å². The monoisotopic (exact) mass is 381 g/mol. The van der Waals surface area contributed by atoms with Crippen LogP contribution in [0, 0.1) is 11.3 Å². The molecule has 2 amide bonds. The van der Waals surface area contributed by atoms with Gasteiger partial charge in [0, 0.05) is 25.7 Å². The molecule has 1 unspecified atom stereocenters. The van der Waals surface area contributed by atoms with E-state index in [9.17, 15) is 4.79 Å². The largest absolute Gasteiger partial charge is 0.490 e. The predicted octanol–water partition coefficient (Wildman–Crippen LogP) is 2.59. The summed E-state index contributed by atoms with van der Waals surface area (Å²) in [4.78, 5) is 16.2. The highest BCUT2D eigenvalue weighted by atomic mass is 16.5. The second kappa shape index (κ2) is 9.46. The van der Waals surface area contributed by atoms with Crippen LogP contribution in [-0.2, 0) is 0 Å². The number of anilines is 1. The third kappa shape index (κ3) is 5.04. The Labute approximate surface area is 163 Å². The molecule has 1 aromatic carbocycles. The normalized spacial score (nSPS) is 13.6. The maximum absolute atomic E-state index is 12.1. The SMILES string of the molecule is CC(NC(=O)NCCNc1ncccc1C#N)c1ccc2c(c1)OCCCO2. The van der Waals surface area contributed by atoms with Gasteiger partial charge in [0.2, 0.25) is 0 Å². The van der Waals surface area contributed by atoms with Crippen LogP contribution in [0.2, 0.25) is 0 Å². The Bertz CT molecular complexity index is 865. The molecule has 8 nitrogen and oxygen atoms in total. The minimum Gasteiger partial charge on any atom is -0.490 e. The van der Waals surface area contributed by atoms with E-state index in [0.717, 1.165) is 17.7 Å². The number of urea groups is 1. The Kier molecular flexibility index (Phi) is 6.52. The topological polar surface area (TPSA) is 108 Å². The minimum absolute atomic E-state index is 0.189. The van der Waals surface area contributed by atoms with E-state index < -0.39 is 0 Å². The number of carbonyl (C=O) groups is 1. The maximum Gasteiger partial charge on any atom is 0.315 e. The number of pyridine rings is 1. The van der Waals surface area contributed by atoms with E-state index in [0.29, 0.717) is 43.4 Å². The van der Waals surface area contributed by atoms with E-state index in [1.807, 2.05) is 25.1 Å². The first-order valence-corrected chi connectivity index (χ1v) is 9.20. The fourth-order valence-electron chi connectivity index (χ4n) is 2.77. The highest BCUT2D eigenvalue weighted by Gasteiger charge is 2.15. The number of benzene rings is 1. The minimum atomic E-state index is -0.275. The molecule has 3 N–H and O–H groups in total. The van der Waals surface area contributed by atoms with Crippen molar-refractivity contribution in [3.8, 4) is 17.6 Å². The van der Waals surface area contributed by atoms with Crippen LogP contribution in [0.5, 0.6) is 11.5 Å². The zero-order chi connectivity index (χ0) is 19.8. The second-order valence-electron chi connectivity index (χ2n) is 6.32. The number of rotatable bonds is 6. The van der Waals surface area contributed by atoms with Gasteiger partial charge < -0.3 is 25.4 Å². The molecule has 1 atom stereocenters. The van der Waals surface area contributed by atoms with Crippen molar-refractivity contribution in [1.82, 2.24) is 15.6 Å². The number of fused-ring (bicyclic) bond motifs is 1. The van der Waals surface area contributed by atoms with E-state index in [2.05, 4.69) is 27.0 Å². The first kappa shape index (κ1) is 19.3. The average Bonchev–Trinajstić information content (AvgIpc) is 2.96. The number of nitrogens with zero attached hydrogens (tertiary/aromatic N) is 2. The Morgan fingerprint density at radius 3 is 2.89 bits per heavy atom. The van der Waals surface area contributed by atoms with Crippen molar-refractivity contribution in [3.63, 3.8) is 0 Å². The highest BCUT2D eigenvalue weighted by Crippen LogP contribution is 2.32. The van der Waals surface area contributed by atoms with Gasteiger partial charge in [-0.2, -0.15) is 5.26 Å². The van der Waals surface area contributed by atoms with Crippen molar-refractivity contribution < 1.29 is 14.3 Å². The molecule has 146 valence electrons. The summed E-state index contributed by atoms with van der Waals surface area (Å²) >= 11 is 0. The molecular weight excluding hydrogens is 358 g/mol. The molecule has 2 heterocycles. The molecule has 0 fully saturated rings. The van der Waals surface area contributed by atoms with Gasteiger partial charge in [-0.15, -0.1) is 0 Å². The van der Waals surface area contributed by atoms with Gasteiger partial charge in [-0.25, -0.2) is 9.78 Å². The summed E-state index contributed by atoms with van der Waals surface area (Å²) in [7, 11) is 0. The van der Waals surface area contributed by atoms with Crippen LogP contribution in [-0.4, -0.2) is 37.3 Å². The van der Waals surface area contributed by atoms with Gasteiger partial charge in [-0.1, -0.05) is 6.07 Å². The first-order valence-electron chi connectivity index (χ1n) is 9.20. The van der Waals surface area contributed by atoms with Crippen LogP contribution in [0.4, 0.5) is 10.6 Å². The molecule has 28 heavy (non-hydrogen) atoms. The second-order valence-corrected chi connectivity index (χ2v) is 6.32. The fraction of sp³-hybridized carbons (Fsp3) is 0.350. The summed E-state index contributed by atoms with van der Waals surface area (Å²) in [6.07, 6.45) is 2.46. The van der Waals surface area contributed by atoms with Gasteiger partial charge in [0.25, 0.3) is 0 Å². The third-order valence-electron chi connectivity index (χ3n) is 4.25. The molecule has 2 aromatic rings. The van der Waals surface area contributed by atoms with Gasteiger partial charge in [-0.05, 0) is 36.8 Å². The van der Waals surface area contributed by atoms with E-state index in [1.54, 1.807) is 18.3 Å². The van der Waals surface area contributed by atoms with Crippen LogP contribution < -0.4 is 25.4 Å².